The van der Waals surface area contributed by atoms with Gasteiger partial charge in [0.25, 0.3) is 0 Å². The average Bonchev–Trinajstić information content (AvgIpc) is 2.05. The van der Waals surface area contributed by atoms with Crippen molar-refractivity contribution in [1.82, 2.24) is 10.2 Å². The first-order valence-electron chi connectivity index (χ1n) is 4.36. The summed E-state index contributed by atoms with van der Waals surface area (Å²) in [4.78, 5) is 12.6. The average molecular weight is 172 g/mol. The summed E-state index contributed by atoms with van der Waals surface area (Å²) in [5.41, 5.74) is 0. The van der Waals surface area contributed by atoms with Crippen LogP contribution in [0.5, 0.6) is 0 Å². The van der Waals surface area contributed by atoms with Crippen molar-refractivity contribution in [2.24, 2.45) is 0 Å². The van der Waals surface area contributed by atoms with Crippen molar-refractivity contribution in [2.75, 3.05) is 26.2 Å². The summed E-state index contributed by atoms with van der Waals surface area (Å²) in [7, 11) is 0. The molecule has 0 amide bonds. The highest BCUT2D eigenvalue weighted by molar-refractivity contribution is 5.67. The van der Waals surface area contributed by atoms with Gasteiger partial charge in [-0.1, -0.05) is 0 Å². The third-order valence-electron chi connectivity index (χ3n) is 2.24. The SMILES string of the molecule is CC(CC(=O)O)N1CCNCC1. The van der Waals surface area contributed by atoms with Gasteiger partial charge >= 0.3 is 5.97 Å². The van der Waals surface area contributed by atoms with Crippen molar-refractivity contribution < 1.29 is 9.90 Å². The Bertz CT molecular complexity index is 155. The minimum atomic E-state index is -0.707. The van der Waals surface area contributed by atoms with Crippen LogP contribution < -0.4 is 5.32 Å². The van der Waals surface area contributed by atoms with E-state index in [0.29, 0.717) is 0 Å². The van der Waals surface area contributed by atoms with Crippen molar-refractivity contribution in [2.45, 2.75) is 19.4 Å². The summed E-state index contributed by atoms with van der Waals surface area (Å²) < 4.78 is 0. The monoisotopic (exact) mass is 172 g/mol. The van der Waals surface area contributed by atoms with Crippen molar-refractivity contribution in [3.63, 3.8) is 0 Å². The van der Waals surface area contributed by atoms with Gasteiger partial charge in [-0.2, -0.15) is 0 Å². The molecule has 0 spiro atoms. The molecule has 1 unspecified atom stereocenters. The van der Waals surface area contributed by atoms with Gasteiger partial charge in [0.15, 0.2) is 0 Å². The number of hydrogen-bond acceptors (Lipinski definition) is 3. The summed E-state index contributed by atoms with van der Waals surface area (Å²) in [5.74, 6) is -0.707. The van der Waals surface area contributed by atoms with Gasteiger partial charge in [-0.15, -0.1) is 0 Å². The Kier molecular flexibility index (Phi) is 3.49. The lowest BCUT2D eigenvalue weighted by Crippen LogP contribution is -2.47. The second-order valence-corrected chi connectivity index (χ2v) is 3.23. The van der Waals surface area contributed by atoms with Gasteiger partial charge in [0.1, 0.15) is 0 Å². The Morgan fingerprint density at radius 1 is 1.58 bits per heavy atom. The van der Waals surface area contributed by atoms with Crippen LogP contribution in [0.3, 0.4) is 0 Å². The molecule has 0 aliphatic carbocycles. The molecule has 1 rings (SSSR count). The molecular formula is C8H16N2O2. The van der Waals surface area contributed by atoms with E-state index >= 15 is 0 Å². The predicted molar refractivity (Wildman–Crippen MR) is 46.2 cm³/mol. The van der Waals surface area contributed by atoms with Crippen LogP contribution in [0.4, 0.5) is 0 Å². The van der Waals surface area contributed by atoms with Crippen LogP contribution in [0, 0.1) is 0 Å². The van der Waals surface area contributed by atoms with Gasteiger partial charge in [0, 0.05) is 32.2 Å². The molecule has 0 aromatic carbocycles. The van der Waals surface area contributed by atoms with Crippen LogP contribution >= 0.6 is 0 Å². The smallest absolute Gasteiger partial charge is 0.304 e. The maximum Gasteiger partial charge on any atom is 0.304 e. The normalized spacial score (nSPS) is 22.1. The van der Waals surface area contributed by atoms with E-state index in [1.807, 2.05) is 6.92 Å². The maximum absolute atomic E-state index is 10.4. The zero-order valence-electron chi connectivity index (χ0n) is 7.42. The zero-order chi connectivity index (χ0) is 8.97. The highest BCUT2D eigenvalue weighted by Crippen LogP contribution is 2.04. The Morgan fingerprint density at radius 2 is 2.17 bits per heavy atom. The fourth-order valence-corrected chi connectivity index (χ4v) is 1.50. The molecule has 1 atom stereocenters. The summed E-state index contributed by atoms with van der Waals surface area (Å²) >= 11 is 0. The van der Waals surface area contributed by atoms with E-state index in [1.165, 1.54) is 0 Å². The molecule has 1 fully saturated rings. The quantitative estimate of drug-likeness (QED) is 0.616. The van der Waals surface area contributed by atoms with Crippen LogP contribution in [0.1, 0.15) is 13.3 Å². The first-order valence-corrected chi connectivity index (χ1v) is 4.36. The molecule has 0 aromatic rings. The third kappa shape index (κ3) is 2.79. The zero-order valence-corrected chi connectivity index (χ0v) is 7.42. The van der Waals surface area contributed by atoms with Crippen LogP contribution in [-0.2, 0) is 4.79 Å². The minimum absolute atomic E-state index is 0.171. The number of rotatable bonds is 3. The van der Waals surface area contributed by atoms with Crippen molar-refractivity contribution in [3.8, 4) is 0 Å². The Balaban J connectivity index is 2.29. The van der Waals surface area contributed by atoms with E-state index in [4.69, 9.17) is 5.11 Å². The number of aliphatic carboxylic acids is 1. The van der Waals surface area contributed by atoms with E-state index in [0.717, 1.165) is 26.2 Å². The lowest BCUT2D eigenvalue weighted by atomic mass is 10.2. The van der Waals surface area contributed by atoms with E-state index < -0.39 is 5.97 Å². The predicted octanol–water partition coefficient (Wildman–Crippen LogP) is -0.245. The van der Waals surface area contributed by atoms with E-state index in [-0.39, 0.29) is 12.5 Å². The summed E-state index contributed by atoms with van der Waals surface area (Å²) in [6.45, 7) is 5.86. The highest BCUT2D eigenvalue weighted by Gasteiger charge is 2.18. The molecule has 1 aliphatic rings. The fraction of sp³-hybridized carbons (Fsp3) is 0.875. The van der Waals surface area contributed by atoms with Gasteiger partial charge < -0.3 is 10.4 Å². The number of nitrogens with zero attached hydrogens (tertiary/aromatic N) is 1. The first kappa shape index (κ1) is 9.48. The van der Waals surface area contributed by atoms with Crippen molar-refractivity contribution >= 4 is 5.97 Å². The van der Waals surface area contributed by atoms with E-state index in [2.05, 4.69) is 10.2 Å². The standard InChI is InChI=1S/C8H16N2O2/c1-7(6-8(11)12)10-4-2-9-3-5-10/h7,9H,2-6H2,1H3,(H,11,12). The Labute approximate surface area is 72.6 Å². The molecule has 4 heteroatoms. The van der Waals surface area contributed by atoms with Gasteiger partial charge in [0.05, 0.1) is 6.42 Å². The highest BCUT2D eigenvalue weighted by atomic mass is 16.4. The molecule has 12 heavy (non-hydrogen) atoms. The van der Waals surface area contributed by atoms with Gasteiger partial charge in [-0.3, -0.25) is 9.69 Å². The molecule has 2 N–H and O–H groups in total. The second-order valence-electron chi connectivity index (χ2n) is 3.23. The molecule has 0 saturated carbocycles. The van der Waals surface area contributed by atoms with E-state index in [1.54, 1.807) is 0 Å². The summed E-state index contributed by atoms with van der Waals surface area (Å²) in [6, 6.07) is 0.171. The molecule has 0 bridgehead atoms. The molecule has 1 saturated heterocycles. The molecule has 4 nitrogen and oxygen atoms in total. The van der Waals surface area contributed by atoms with E-state index in [9.17, 15) is 4.79 Å². The Hall–Kier alpha value is -0.610. The largest absolute Gasteiger partial charge is 0.481 e. The third-order valence-corrected chi connectivity index (χ3v) is 2.24. The topological polar surface area (TPSA) is 52.6 Å². The molecule has 0 radical (unpaired) electrons. The van der Waals surface area contributed by atoms with Crippen LogP contribution in [-0.4, -0.2) is 48.2 Å². The number of nitrogens with one attached hydrogen (secondary N) is 1. The minimum Gasteiger partial charge on any atom is -0.481 e. The summed E-state index contributed by atoms with van der Waals surface area (Å²) in [6.07, 6.45) is 0.250. The fourth-order valence-electron chi connectivity index (χ4n) is 1.50. The van der Waals surface area contributed by atoms with Crippen LogP contribution in [0.25, 0.3) is 0 Å². The van der Waals surface area contributed by atoms with Crippen LogP contribution in [0.2, 0.25) is 0 Å². The lowest BCUT2D eigenvalue weighted by molar-refractivity contribution is -0.138. The lowest BCUT2D eigenvalue weighted by Gasteiger charge is -2.31. The molecule has 1 aliphatic heterocycles. The molecule has 70 valence electrons. The number of hydrogen-bond donors (Lipinski definition) is 2. The summed E-state index contributed by atoms with van der Waals surface area (Å²) in [5, 5.41) is 11.8. The number of piperazine rings is 1. The number of carbonyl (C=O) groups is 1. The van der Waals surface area contributed by atoms with Crippen LogP contribution in [0.15, 0.2) is 0 Å². The second kappa shape index (κ2) is 4.42. The first-order chi connectivity index (χ1) is 5.70. The molecule has 0 aromatic heterocycles. The maximum atomic E-state index is 10.4. The molecular weight excluding hydrogens is 156 g/mol. The van der Waals surface area contributed by atoms with Gasteiger partial charge in [0.2, 0.25) is 0 Å². The number of carboxylic acid groups (broad SMARTS) is 1. The van der Waals surface area contributed by atoms with Gasteiger partial charge in [-0.05, 0) is 6.92 Å². The van der Waals surface area contributed by atoms with Crippen molar-refractivity contribution in [3.05, 3.63) is 0 Å². The Morgan fingerprint density at radius 3 is 2.67 bits per heavy atom. The van der Waals surface area contributed by atoms with Crippen molar-refractivity contribution in [1.29, 1.82) is 0 Å². The number of carboxylic acids is 1. The van der Waals surface area contributed by atoms with Gasteiger partial charge in [-0.25, -0.2) is 0 Å². The molecule has 1 heterocycles.